The fourth-order valence-electron chi connectivity index (χ4n) is 1.53. The number of anilines is 2. The molecule has 0 atom stereocenters. The van der Waals surface area contributed by atoms with Gasteiger partial charge in [0, 0.05) is 11.9 Å². The summed E-state index contributed by atoms with van der Waals surface area (Å²) in [4.78, 5) is 4.35. The number of pyridine rings is 1. The van der Waals surface area contributed by atoms with Crippen molar-refractivity contribution in [3.8, 4) is 0 Å². The van der Waals surface area contributed by atoms with Gasteiger partial charge in [-0.3, -0.25) is 4.98 Å². The Balaban J connectivity index is 2.31. The third-order valence-corrected chi connectivity index (χ3v) is 2.95. The summed E-state index contributed by atoms with van der Waals surface area (Å²) in [7, 11) is 0. The number of nitrogens with one attached hydrogen (secondary N) is 1. The quantitative estimate of drug-likeness (QED) is 0.844. The molecule has 18 heavy (non-hydrogen) atoms. The molecule has 3 N–H and O–H groups in total. The second-order valence-electron chi connectivity index (χ2n) is 3.90. The molecule has 1 aromatic heterocycles. The zero-order chi connectivity index (χ0) is 13.1. The fourth-order valence-corrected chi connectivity index (χ4v) is 1.81. The Bertz CT molecular complexity index is 599. The first kappa shape index (κ1) is 12.8. The largest absolute Gasteiger partial charge is 0.388 e. The molecular formula is C13H12ClN3S. The molecule has 5 heteroatoms. The molecule has 0 unspecified atom stereocenters. The van der Waals surface area contributed by atoms with Crippen LogP contribution in [0.25, 0.3) is 0 Å². The molecule has 0 aliphatic heterocycles. The van der Waals surface area contributed by atoms with Crippen molar-refractivity contribution in [2.45, 2.75) is 6.92 Å². The molecule has 0 aliphatic rings. The summed E-state index contributed by atoms with van der Waals surface area (Å²) in [6, 6.07) is 9.42. The van der Waals surface area contributed by atoms with Crippen LogP contribution in [0.5, 0.6) is 0 Å². The van der Waals surface area contributed by atoms with E-state index >= 15 is 0 Å². The van der Waals surface area contributed by atoms with Crippen molar-refractivity contribution in [2.24, 2.45) is 5.73 Å². The van der Waals surface area contributed by atoms with Crippen LogP contribution in [0.15, 0.2) is 36.5 Å². The first-order chi connectivity index (χ1) is 8.56. The molecule has 0 aliphatic carbocycles. The summed E-state index contributed by atoms with van der Waals surface area (Å²) >= 11 is 11.0. The van der Waals surface area contributed by atoms with E-state index in [2.05, 4.69) is 10.3 Å². The van der Waals surface area contributed by atoms with Gasteiger partial charge in [-0.25, -0.2) is 0 Å². The van der Waals surface area contributed by atoms with Crippen LogP contribution in [0.4, 0.5) is 11.4 Å². The predicted octanol–water partition coefficient (Wildman–Crippen LogP) is 3.42. The van der Waals surface area contributed by atoms with Gasteiger partial charge in [0.25, 0.3) is 0 Å². The molecule has 1 heterocycles. The Labute approximate surface area is 116 Å². The third kappa shape index (κ3) is 2.97. The number of benzene rings is 1. The van der Waals surface area contributed by atoms with Crippen molar-refractivity contribution < 1.29 is 0 Å². The molecule has 0 amide bonds. The molecule has 0 radical (unpaired) electrons. The first-order valence-corrected chi connectivity index (χ1v) is 6.14. The minimum absolute atomic E-state index is 0.272. The highest BCUT2D eigenvalue weighted by molar-refractivity contribution is 7.80. The van der Waals surface area contributed by atoms with E-state index in [-0.39, 0.29) is 4.99 Å². The lowest BCUT2D eigenvalue weighted by molar-refractivity contribution is 1.29. The molecule has 3 nitrogen and oxygen atoms in total. The number of aromatic nitrogens is 1. The van der Waals surface area contributed by atoms with Crippen molar-refractivity contribution >= 4 is 40.2 Å². The molecule has 0 bridgehead atoms. The van der Waals surface area contributed by atoms with Crippen LogP contribution in [0.3, 0.4) is 0 Å². The molecular weight excluding hydrogens is 266 g/mol. The summed E-state index contributed by atoms with van der Waals surface area (Å²) in [6.45, 7) is 2.01. The maximum absolute atomic E-state index is 6.12. The smallest absolute Gasteiger partial charge is 0.122 e. The van der Waals surface area contributed by atoms with Gasteiger partial charge in [0.1, 0.15) is 4.99 Å². The Kier molecular flexibility index (Phi) is 3.79. The van der Waals surface area contributed by atoms with Gasteiger partial charge in [-0.1, -0.05) is 29.9 Å². The first-order valence-electron chi connectivity index (χ1n) is 5.35. The van der Waals surface area contributed by atoms with Crippen LogP contribution in [-0.2, 0) is 0 Å². The lowest BCUT2D eigenvalue weighted by Gasteiger charge is -2.10. The minimum Gasteiger partial charge on any atom is -0.388 e. The molecule has 92 valence electrons. The standard InChI is InChI=1S/C13H12ClN3S/c1-8-2-3-10(14)11(6-8)17-9-4-5-16-12(7-9)13(15)18/h2-7H,1H3,(H2,15,18)(H,16,17). The highest BCUT2D eigenvalue weighted by Crippen LogP contribution is 2.26. The van der Waals surface area contributed by atoms with Crippen LogP contribution < -0.4 is 11.1 Å². The van der Waals surface area contributed by atoms with Crippen molar-refractivity contribution in [2.75, 3.05) is 5.32 Å². The molecule has 0 saturated carbocycles. The number of rotatable bonds is 3. The highest BCUT2D eigenvalue weighted by atomic mass is 35.5. The van der Waals surface area contributed by atoms with E-state index < -0.39 is 0 Å². The Morgan fingerprint density at radius 1 is 1.33 bits per heavy atom. The van der Waals surface area contributed by atoms with E-state index in [1.54, 1.807) is 12.3 Å². The van der Waals surface area contributed by atoms with Gasteiger partial charge in [0.15, 0.2) is 0 Å². The van der Waals surface area contributed by atoms with E-state index in [9.17, 15) is 0 Å². The lowest BCUT2D eigenvalue weighted by Crippen LogP contribution is -2.11. The van der Waals surface area contributed by atoms with Crippen LogP contribution in [0.1, 0.15) is 11.3 Å². The topological polar surface area (TPSA) is 50.9 Å². The summed E-state index contributed by atoms with van der Waals surface area (Å²) in [5.41, 5.74) is 8.95. The Hall–Kier alpha value is -1.65. The number of nitrogens with zero attached hydrogens (tertiary/aromatic N) is 1. The SMILES string of the molecule is Cc1ccc(Cl)c(Nc2ccnc(C(N)=S)c2)c1. The van der Waals surface area contributed by atoms with Gasteiger partial charge in [-0.05, 0) is 36.8 Å². The van der Waals surface area contributed by atoms with Gasteiger partial charge < -0.3 is 11.1 Å². The molecule has 1 aromatic carbocycles. The minimum atomic E-state index is 0.272. The van der Waals surface area contributed by atoms with Gasteiger partial charge in [0.2, 0.25) is 0 Å². The number of hydrogen-bond acceptors (Lipinski definition) is 3. The van der Waals surface area contributed by atoms with Crippen LogP contribution in [0, 0.1) is 6.92 Å². The number of nitrogens with two attached hydrogens (primary N) is 1. The second-order valence-corrected chi connectivity index (χ2v) is 4.75. The Morgan fingerprint density at radius 2 is 2.11 bits per heavy atom. The average Bonchev–Trinajstić information content (AvgIpc) is 2.34. The van der Waals surface area contributed by atoms with Gasteiger partial charge >= 0.3 is 0 Å². The second kappa shape index (κ2) is 5.33. The maximum Gasteiger partial charge on any atom is 0.122 e. The van der Waals surface area contributed by atoms with Gasteiger partial charge in [0.05, 0.1) is 16.4 Å². The van der Waals surface area contributed by atoms with Gasteiger partial charge in [-0.15, -0.1) is 0 Å². The normalized spacial score (nSPS) is 10.1. The van der Waals surface area contributed by atoms with Crippen molar-refractivity contribution in [1.82, 2.24) is 4.98 Å². The predicted molar refractivity (Wildman–Crippen MR) is 79.6 cm³/mol. The third-order valence-electron chi connectivity index (χ3n) is 2.41. The maximum atomic E-state index is 6.12. The highest BCUT2D eigenvalue weighted by Gasteiger charge is 2.03. The molecule has 0 saturated heterocycles. The average molecular weight is 278 g/mol. The Morgan fingerprint density at radius 3 is 2.83 bits per heavy atom. The van der Waals surface area contributed by atoms with E-state index in [1.165, 1.54) is 0 Å². The van der Waals surface area contributed by atoms with Crippen molar-refractivity contribution in [1.29, 1.82) is 0 Å². The van der Waals surface area contributed by atoms with Crippen LogP contribution >= 0.6 is 23.8 Å². The van der Waals surface area contributed by atoms with Crippen molar-refractivity contribution in [3.05, 3.63) is 52.8 Å². The number of halogens is 1. The number of hydrogen-bond donors (Lipinski definition) is 2. The zero-order valence-corrected chi connectivity index (χ0v) is 11.3. The molecule has 0 fully saturated rings. The van der Waals surface area contributed by atoms with E-state index in [0.717, 1.165) is 16.9 Å². The summed E-state index contributed by atoms with van der Waals surface area (Å²) < 4.78 is 0. The summed E-state index contributed by atoms with van der Waals surface area (Å²) in [6.07, 6.45) is 1.65. The zero-order valence-electron chi connectivity index (χ0n) is 9.77. The number of thiocarbonyl (C=S) groups is 1. The monoisotopic (exact) mass is 277 g/mol. The van der Waals surface area contributed by atoms with E-state index in [1.807, 2.05) is 31.2 Å². The summed E-state index contributed by atoms with van der Waals surface area (Å²) in [5.74, 6) is 0. The molecule has 2 rings (SSSR count). The van der Waals surface area contributed by atoms with Crippen molar-refractivity contribution in [3.63, 3.8) is 0 Å². The van der Waals surface area contributed by atoms with Crippen LogP contribution in [0.2, 0.25) is 5.02 Å². The van der Waals surface area contributed by atoms with Crippen LogP contribution in [-0.4, -0.2) is 9.97 Å². The van der Waals surface area contributed by atoms with Gasteiger partial charge in [-0.2, -0.15) is 0 Å². The van der Waals surface area contributed by atoms with E-state index in [4.69, 9.17) is 29.6 Å². The summed E-state index contributed by atoms with van der Waals surface area (Å²) in [5, 5.41) is 3.88. The number of aryl methyl sites for hydroxylation is 1. The molecule has 2 aromatic rings. The lowest BCUT2D eigenvalue weighted by atomic mass is 10.2. The fraction of sp³-hybridized carbons (Fsp3) is 0.0769. The van der Waals surface area contributed by atoms with E-state index in [0.29, 0.717) is 10.7 Å². The molecule has 0 spiro atoms.